The normalized spacial score (nSPS) is 13.0. The number of urea groups is 1. The summed E-state index contributed by atoms with van der Waals surface area (Å²) in [6.45, 7) is 5.19. The van der Waals surface area contributed by atoms with Crippen molar-refractivity contribution in [2.24, 2.45) is 0 Å². The smallest absolute Gasteiger partial charge is 0.337 e. The molecule has 0 fully saturated rings. The summed E-state index contributed by atoms with van der Waals surface area (Å²) in [5.41, 5.74) is 6.10. The lowest BCUT2D eigenvalue weighted by Gasteiger charge is -2.13. The lowest BCUT2D eigenvalue weighted by atomic mass is 10.0. The number of carboxylic acids is 1. The van der Waals surface area contributed by atoms with Crippen LogP contribution in [0.25, 0.3) is 11.6 Å². The molecule has 0 atom stereocenters. The summed E-state index contributed by atoms with van der Waals surface area (Å²) in [5.74, 6) is -1.64. The summed E-state index contributed by atoms with van der Waals surface area (Å²) in [6.07, 6.45) is 1.63. The van der Waals surface area contributed by atoms with Gasteiger partial charge in [0.1, 0.15) is 0 Å². The molecular weight excluding hydrogens is 522 g/mol. The second-order valence-electron chi connectivity index (χ2n) is 9.67. The Bertz CT molecular complexity index is 1750. The Morgan fingerprint density at radius 3 is 2.27 bits per heavy atom. The number of hydrogen-bond acceptors (Lipinski definition) is 4. The molecule has 41 heavy (non-hydrogen) atoms. The molecule has 10 heteroatoms. The molecule has 0 spiro atoms. The SMILES string of the molecule is Cc1ccc(NC(=O)c2ccccc2)cc1NC(=O)Nc1ccc2c(c1)NC(=O)/C2=C\c1[nH]c(C)c(C(=O)O)c1C. The average molecular weight is 550 g/mol. The Hall–Kier alpha value is -5.64. The van der Waals surface area contributed by atoms with Crippen molar-refractivity contribution in [1.29, 1.82) is 0 Å². The summed E-state index contributed by atoms with van der Waals surface area (Å²) in [4.78, 5) is 52.7. The van der Waals surface area contributed by atoms with Crippen LogP contribution in [0.5, 0.6) is 0 Å². The zero-order chi connectivity index (χ0) is 29.3. The molecule has 4 aromatic rings. The van der Waals surface area contributed by atoms with E-state index in [2.05, 4.69) is 26.3 Å². The van der Waals surface area contributed by atoms with E-state index in [1.54, 1.807) is 80.6 Å². The second kappa shape index (κ2) is 10.9. The van der Waals surface area contributed by atoms with Crippen molar-refractivity contribution in [3.05, 3.63) is 106 Å². The van der Waals surface area contributed by atoms with E-state index in [1.165, 1.54) is 0 Å². The maximum Gasteiger partial charge on any atom is 0.337 e. The van der Waals surface area contributed by atoms with Crippen LogP contribution in [0.1, 0.15) is 48.8 Å². The van der Waals surface area contributed by atoms with Gasteiger partial charge in [-0.05, 0) is 74.4 Å². The molecule has 0 saturated carbocycles. The molecule has 0 aliphatic carbocycles. The van der Waals surface area contributed by atoms with E-state index in [9.17, 15) is 24.3 Å². The summed E-state index contributed by atoms with van der Waals surface area (Å²) in [6, 6.07) is 18.6. The number of hydrogen-bond donors (Lipinski definition) is 6. The molecule has 206 valence electrons. The molecule has 1 aliphatic heterocycles. The molecule has 4 amide bonds. The molecule has 3 aromatic carbocycles. The van der Waals surface area contributed by atoms with Gasteiger partial charge in [-0.2, -0.15) is 0 Å². The first kappa shape index (κ1) is 26.9. The van der Waals surface area contributed by atoms with Gasteiger partial charge in [0.05, 0.1) is 16.8 Å². The number of H-pyrrole nitrogens is 1. The number of carbonyl (C=O) groups excluding carboxylic acids is 3. The van der Waals surface area contributed by atoms with Crippen LogP contribution in [0.2, 0.25) is 0 Å². The Kier molecular flexibility index (Phi) is 7.13. The van der Waals surface area contributed by atoms with E-state index in [0.29, 0.717) is 56.4 Å². The number of carboxylic acid groups (broad SMARTS) is 1. The highest BCUT2D eigenvalue weighted by Gasteiger charge is 2.26. The number of fused-ring (bicyclic) bond motifs is 1. The minimum Gasteiger partial charge on any atom is -0.478 e. The highest BCUT2D eigenvalue weighted by Crippen LogP contribution is 2.36. The van der Waals surface area contributed by atoms with Crippen LogP contribution in [0.15, 0.2) is 66.7 Å². The van der Waals surface area contributed by atoms with Gasteiger partial charge in [0, 0.05) is 39.6 Å². The molecule has 0 unspecified atom stereocenters. The summed E-state index contributed by atoms with van der Waals surface area (Å²) >= 11 is 0. The molecule has 6 N–H and O–H groups in total. The fourth-order valence-corrected chi connectivity index (χ4v) is 4.71. The van der Waals surface area contributed by atoms with E-state index in [4.69, 9.17) is 0 Å². The molecule has 1 aromatic heterocycles. The van der Waals surface area contributed by atoms with E-state index in [1.807, 2.05) is 13.0 Å². The molecule has 1 aliphatic rings. The lowest BCUT2D eigenvalue weighted by Crippen LogP contribution is -2.20. The molecule has 0 saturated heterocycles. The average Bonchev–Trinajstić information content (AvgIpc) is 3.39. The first-order valence-electron chi connectivity index (χ1n) is 12.8. The van der Waals surface area contributed by atoms with Crippen LogP contribution in [-0.4, -0.2) is 33.9 Å². The number of nitrogens with one attached hydrogen (secondary N) is 5. The third-order valence-corrected chi connectivity index (χ3v) is 6.82. The van der Waals surface area contributed by atoms with Gasteiger partial charge in [-0.1, -0.05) is 30.3 Å². The molecule has 0 radical (unpaired) electrons. The molecule has 0 bridgehead atoms. The van der Waals surface area contributed by atoms with Gasteiger partial charge in [-0.15, -0.1) is 0 Å². The largest absolute Gasteiger partial charge is 0.478 e. The Morgan fingerprint density at radius 2 is 1.56 bits per heavy atom. The van der Waals surface area contributed by atoms with Crippen molar-refractivity contribution >= 4 is 58.2 Å². The minimum atomic E-state index is -1.04. The van der Waals surface area contributed by atoms with Gasteiger partial charge in [-0.25, -0.2) is 9.59 Å². The van der Waals surface area contributed by atoms with Gasteiger partial charge < -0.3 is 31.4 Å². The number of rotatable bonds is 6. The topological polar surface area (TPSA) is 152 Å². The molecular formula is C31H27N5O5. The number of benzene rings is 3. The van der Waals surface area contributed by atoms with E-state index in [0.717, 1.165) is 5.56 Å². The van der Waals surface area contributed by atoms with Crippen molar-refractivity contribution in [2.45, 2.75) is 20.8 Å². The maximum absolute atomic E-state index is 12.8. The van der Waals surface area contributed by atoms with Gasteiger partial charge in [0.25, 0.3) is 11.8 Å². The fraction of sp³-hybridized carbons (Fsp3) is 0.0968. The van der Waals surface area contributed by atoms with Crippen molar-refractivity contribution in [3.8, 4) is 0 Å². The number of aromatic amines is 1. The Balaban J connectivity index is 1.30. The van der Waals surface area contributed by atoms with Crippen molar-refractivity contribution in [3.63, 3.8) is 0 Å². The van der Waals surface area contributed by atoms with Crippen LogP contribution < -0.4 is 21.3 Å². The van der Waals surface area contributed by atoms with E-state index in [-0.39, 0.29) is 17.4 Å². The third-order valence-electron chi connectivity index (χ3n) is 6.82. The summed E-state index contributed by atoms with van der Waals surface area (Å²) in [5, 5.41) is 20.6. The number of amides is 4. The van der Waals surface area contributed by atoms with Crippen molar-refractivity contribution in [1.82, 2.24) is 4.98 Å². The van der Waals surface area contributed by atoms with E-state index < -0.39 is 12.0 Å². The lowest BCUT2D eigenvalue weighted by molar-refractivity contribution is -0.110. The summed E-state index contributed by atoms with van der Waals surface area (Å²) in [7, 11) is 0. The quantitative estimate of drug-likeness (QED) is 0.162. The number of aromatic carboxylic acids is 1. The monoisotopic (exact) mass is 549 g/mol. The fourth-order valence-electron chi connectivity index (χ4n) is 4.71. The number of carbonyl (C=O) groups is 4. The van der Waals surface area contributed by atoms with Gasteiger partial charge in [0.2, 0.25) is 0 Å². The van der Waals surface area contributed by atoms with Gasteiger partial charge in [-0.3, -0.25) is 9.59 Å². The van der Waals surface area contributed by atoms with Crippen LogP contribution in [0, 0.1) is 20.8 Å². The van der Waals surface area contributed by atoms with Crippen molar-refractivity contribution in [2.75, 3.05) is 21.3 Å². The van der Waals surface area contributed by atoms with Crippen LogP contribution >= 0.6 is 0 Å². The molecule has 5 rings (SSSR count). The van der Waals surface area contributed by atoms with Crippen molar-refractivity contribution < 1.29 is 24.3 Å². The molecule has 10 nitrogen and oxygen atoms in total. The van der Waals surface area contributed by atoms with Crippen LogP contribution in [0.3, 0.4) is 0 Å². The standard InChI is InChI=1S/C31H27N5O5/c1-16-9-10-20(33-28(37)19-7-5-4-6-8-19)13-24(16)36-31(41)34-21-11-12-22-23(29(38)35-26(22)14-21)15-25-17(2)27(30(39)40)18(3)32-25/h4-15,32H,1-3H3,(H,33,37)(H,35,38)(H,39,40)(H2,34,36,41)/b23-15-. The van der Waals surface area contributed by atoms with Gasteiger partial charge >= 0.3 is 12.0 Å². The highest BCUT2D eigenvalue weighted by molar-refractivity contribution is 6.35. The van der Waals surface area contributed by atoms with Gasteiger partial charge in [0.15, 0.2) is 0 Å². The third kappa shape index (κ3) is 5.57. The predicted molar refractivity (Wildman–Crippen MR) is 158 cm³/mol. The zero-order valence-electron chi connectivity index (χ0n) is 22.5. The Labute approximate surface area is 235 Å². The first-order chi connectivity index (χ1) is 19.6. The molecule has 2 heterocycles. The Morgan fingerprint density at radius 1 is 0.854 bits per heavy atom. The number of anilines is 4. The van der Waals surface area contributed by atoms with Crippen LogP contribution in [-0.2, 0) is 4.79 Å². The predicted octanol–water partition coefficient (Wildman–Crippen LogP) is 6.03. The zero-order valence-corrected chi connectivity index (χ0v) is 22.5. The van der Waals surface area contributed by atoms with Crippen LogP contribution in [0.4, 0.5) is 27.5 Å². The minimum absolute atomic E-state index is 0.181. The first-order valence-corrected chi connectivity index (χ1v) is 12.8. The number of aryl methyl sites for hydroxylation is 2. The second-order valence-corrected chi connectivity index (χ2v) is 9.67. The summed E-state index contributed by atoms with van der Waals surface area (Å²) < 4.78 is 0. The highest BCUT2D eigenvalue weighted by atomic mass is 16.4. The maximum atomic E-state index is 12.8. The number of aromatic nitrogens is 1. The van der Waals surface area contributed by atoms with E-state index >= 15 is 0 Å².